The van der Waals surface area contributed by atoms with E-state index in [1.807, 2.05) is 30.3 Å². The van der Waals surface area contributed by atoms with Crippen molar-refractivity contribution in [3.05, 3.63) is 140 Å². The third kappa shape index (κ3) is 8.92. The monoisotopic (exact) mass is 833 g/mol. The first-order chi connectivity index (χ1) is 26.7. The van der Waals surface area contributed by atoms with Gasteiger partial charge in [-0.2, -0.15) is 4.68 Å². The number of carbonyl (C=O) groups excluding carboxylic acids is 2. The van der Waals surface area contributed by atoms with Crippen LogP contribution < -0.4 is 15.4 Å². The minimum Gasteiger partial charge on any atom is -0.506 e. The number of anilines is 2. The molecule has 5 aromatic carbocycles. The highest BCUT2D eigenvalue weighted by molar-refractivity contribution is 7.98. The molecule has 0 saturated heterocycles. The first-order valence-electron chi connectivity index (χ1n) is 16.4. The Morgan fingerprint density at radius 2 is 1.66 bits per heavy atom. The van der Waals surface area contributed by atoms with E-state index in [1.54, 1.807) is 25.1 Å². The van der Waals surface area contributed by atoms with Crippen molar-refractivity contribution in [2.75, 3.05) is 10.6 Å². The molecule has 19 heteroatoms. The first kappa shape index (κ1) is 39.7. The van der Waals surface area contributed by atoms with E-state index >= 15 is 0 Å². The van der Waals surface area contributed by atoms with E-state index in [0.717, 1.165) is 23.4 Å². The Balaban J connectivity index is 1.31. The first-order valence-corrected chi connectivity index (χ1v) is 19.7. The Hall–Kier alpha value is -6.01. The molecule has 1 heterocycles. The molecule has 286 valence electrons. The van der Waals surface area contributed by atoms with Gasteiger partial charge in [-0.05, 0) is 78.4 Å². The van der Waals surface area contributed by atoms with Gasteiger partial charge in [0.15, 0.2) is 15.6 Å². The van der Waals surface area contributed by atoms with Gasteiger partial charge in [-0.25, -0.2) is 8.42 Å². The van der Waals surface area contributed by atoms with Crippen molar-refractivity contribution in [2.24, 2.45) is 0 Å². The number of sulfone groups is 1. The van der Waals surface area contributed by atoms with Crippen LogP contribution in [-0.2, 0) is 20.4 Å². The number of ether oxygens (including phenoxy) is 1. The largest absolute Gasteiger partial charge is 0.506 e. The van der Waals surface area contributed by atoms with Crippen molar-refractivity contribution in [3.63, 3.8) is 0 Å². The van der Waals surface area contributed by atoms with Crippen molar-refractivity contribution in [1.82, 2.24) is 20.2 Å². The molecule has 2 amide bonds. The second kappa shape index (κ2) is 16.8. The van der Waals surface area contributed by atoms with E-state index in [9.17, 15) is 33.2 Å². The Morgan fingerprint density at radius 1 is 0.929 bits per heavy atom. The molecule has 6 rings (SSSR count). The number of carbonyl (C=O) groups is 2. The molecule has 0 radical (unpaired) electrons. The molecule has 0 fully saturated rings. The number of aromatic nitrogens is 4. The fraction of sp³-hybridized carbons (Fsp3) is 0.108. The fourth-order valence-corrected chi connectivity index (χ4v) is 7.53. The van der Waals surface area contributed by atoms with E-state index < -0.39 is 43.3 Å². The zero-order valence-electron chi connectivity index (χ0n) is 29.2. The Kier molecular flexibility index (Phi) is 11.9. The average molecular weight is 835 g/mol. The summed E-state index contributed by atoms with van der Waals surface area (Å²) in [5, 5.41) is 39.3. The van der Waals surface area contributed by atoms with E-state index in [1.165, 1.54) is 65.8 Å². The summed E-state index contributed by atoms with van der Waals surface area (Å²) in [4.78, 5) is 38.2. The molecule has 1 atom stereocenters. The van der Waals surface area contributed by atoms with Crippen molar-refractivity contribution in [2.45, 2.75) is 34.9 Å². The maximum Gasteiger partial charge on any atom is 0.311 e. The Morgan fingerprint density at radius 3 is 2.36 bits per heavy atom. The van der Waals surface area contributed by atoms with Crippen LogP contribution in [0.2, 0.25) is 10.0 Å². The zero-order valence-corrected chi connectivity index (χ0v) is 32.4. The molecular weight excluding hydrogens is 805 g/mol. The number of nitrogens with zero attached hydrogens (tertiary/aromatic N) is 5. The quantitative estimate of drug-likeness (QED) is 0.0437. The number of rotatable bonds is 13. The van der Waals surface area contributed by atoms with Gasteiger partial charge in [-0.3, -0.25) is 19.7 Å². The van der Waals surface area contributed by atoms with E-state index in [-0.39, 0.29) is 49.1 Å². The van der Waals surface area contributed by atoms with Gasteiger partial charge in [0.2, 0.25) is 16.8 Å². The number of thioether (sulfide) groups is 1. The van der Waals surface area contributed by atoms with Crippen LogP contribution in [0.25, 0.3) is 5.69 Å². The third-order valence-corrected chi connectivity index (χ3v) is 12.0. The van der Waals surface area contributed by atoms with Crippen LogP contribution in [0.3, 0.4) is 0 Å². The number of hydrogen-bond donors (Lipinski definition) is 3. The number of para-hydroxylation sites is 1. The van der Waals surface area contributed by atoms with Gasteiger partial charge in [0.05, 0.1) is 36.9 Å². The predicted octanol–water partition coefficient (Wildman–Crippen LogP) is 8.03. The van der Waals surface area contributed by atoms with Crippen LogP contribution in [0.4, 0.5) is 17.1 Å². The summed E-state index contributed by atoms with van der Waals surface area (Å²) in [6.45, 7) is 2.98. The molecule has 56 heavy (non-hydrogen) atoms. The zero-order chi connectivity index (χ0) is 40.1. The number of phenols is 1. The maximum atomic E-state index is 13.5. The summed E-state index contributed by atoms with van der Waals surface area (Å²) in [5.74, 6) is -2.61. The second-order valence-corrected chi connectivity index (χ2v) is 16.1. The van der Waals surface area contributed by atoms with Gasteiger partial charge in [0.1, 0.15) is 11.0 Å². The highest BCUT2D eigenvalue weighted by Gasteiger charge is 2.31. The molecular formula is C37H29Cl2N7O8S2. The summed E-state index contributed by atoms with van der Waals surface area (Å²) < 4.78 is 34.2. The van der Waals surface area contributed by atoms with E-state index in [2.05, 4.69) is 26.2 Å². The smallest absolute Gasteiger partial charge is 0.311 e. The lowest BCUT2D eigenvalue weighted by Crippen LogP contribution is -2.32. The minimum absolute atomic E-state index is 0.0793. The lowest BCUT2D eigenvalue weighted by atomic mass is 10.1. The third-order valence-electron chi connectivity index (χ3n) is 8.22. The normalized spacial score (nSPS) is 11.8. The van der Waals surface area contributed by atoms with Gasteiger partial charge in [0.25, 0.3) is 5.91 Å². The minimum atomic E-state index is -4.18. The number of nitrogens with one attached hydrogen (secondary N) is 2. The number of aromatic hydroxyl groups is 1. The van der Waals surface area contributed by atoms with E-state index in [0.29, 0.717) is 10.7 Å². The standard InChI is InChI=1S/C37H29Cl2N7O8S2/c1-21-8-12-26(13-9-21)56(52,53)22(2)35(48)41-30-18-32(47)29(40-36(49)24-11-14-27(38)28(39)17-24)19-34(30)54-33-15-10-23(16-31(33)46(50)51)20-55-37-42-43-44-45(37)25-6-4-3-5-7-25/h3-19,22,47H,20H2,1-2H3,(H,40,49)(H,41,48). The molecule has 0 aliphatic heterocycles. The molecule has 0 aliphatic carbocycles. The maximum absolute atomic E-state index is 13.5. The molecule has 0 saturated carbocycles. The molecule has 0 bridgehead atoms. The summed E-state index contributed by atoms with van der Waals surface area (Å²) >= 11 is 13.3. The Labute approximate surface area is 333 Å². The van der Waals surface area contributed by atoms with Gasteiger partial charge >= 0.3 is 5.69 Å². The van der Waals surface area contributed by atoms with Gasteiger partial charge < -0.3 is 20.5 Å². The Bertz CT molecular complexity index is 2570. The van der Waals surface area contributed by atoms with Crippen molar-refractivity contribution >= 4 is 73.7 Å². The highest BCUT2D eigenvalue weighted by Crippen LogP contribution is 2.42. The topological polar surface area (TPSA) is 209 Å². The number of nitro groups is 1. The lowest BCUT2D eigenvalue weighted by molar-refractivity contribution is -0.385. The van der Waals surface area contributed by atoms with Gasteiger partial charge in [-0.1, -0.05) is 76.9 Å². The average Bonchev–Trinajstić information content (AvgIpc) is 3.66. The highest BCUT2D eigenvalue weighted by atomic mass is 35.5. The van der Waals surface area contributed by atoms with Crippen LogP contribution in [0.5, 0.6) is 17.2 Å². The lowest BCUT2D eigenvalue weighted by Gasteiger charge is -2.18. The number of hydrogen-bond acceptors (Lipinski definition) is 12. The molecule has 0 spiro atoms. The summed E-state index contributed by atoms with van der Waals surface area (Å²) in [6.07, 6.45) is 0. The number of aryl methyl sites for hydroxylation is 1. The van der Waals surface area contributed by atoms with Crippen molar-refractivity contribution in [1.29, 1.82) is 0 Å². The van der Waals surface area contributed by atoms with Crippen molar-refractivity contribution < 1.29 is 32.8 Å². The van der Waals surface area contributed by atoms with Crippen molar-refractivity contribution in [3.8, 4) is 22.9 Å². The number of nitro benzene ring substituents is 1. The summed E-state index contributed by atoms with van der Waals surface area (Å²) in [5.41, 5.74) is 1.19. The SMILES string of the molecule is Cc1ccc(S(=O)(=O)C(C)C(=O)Nc2cc(O)c(NC(=O)c3ccc(Cl)c(Cl)c3)cc2Oc2ccc(CSc3nnnn3-c3ccccc3)cc2[N+](=O)[O-])cc1. The van der Waals surface area contributed by atoms with Gasteiger partial charge in [-0.15, -0.1) is 5.10 Å². The van der Waals surface area contributed by atoms with Crippen LogP contribution in [-0.4, -0.2) is 55.7 Å². The summed E-state index contributed by atoms with van der Waals surface area (Å²) in [6, 6.07) is 25.6. The second-order valence-electron chi connectivity index (χ2n) is 12.1. The molecule has 3 N–H and O–H groups in total. The number of benzene rings is 5. The number of amides is 2. The fourth-order valence-electron chi connectivity index (χ4n) is 5.14. The molecule has 0 aliphatic rings. The van der Waals surface area contributed by atoms with E-state index in [4.69, 9.17) is 27.9 Å². The number of tetrazole rings is 1. The predicted molar refractivity (Wildman–Crippen MR) is 211 cm³/mol. The number of phenolic OH excluding ortho intramolecular Hbond substituents is 1. The molecule has 1 aromatic heterocycles. The van der Waals surface area contributed by atoms with Crippen LogP contribution in [0, 0.1) is 17.0 Å². The number of halogens is 2. The van der Waals surface area contributed by atoms with Crippen LogP contribution >= 0.6 is 35.0 Å². The molecule has 6 aromatic rings. The molecule has 1 unspecified atom stereocenters. The summed E-state index contributed by atoms with van der Waals surface area (Å²) in [7, 11) is -4.18. The van der Waals surface area contributed by atoms with Gasteiger partial charge in [0, 0.05) is 29.5 Å². The van der Waals surface area contributed by atoms with Crippen LogP contribution in [0.15, 0.2) is 113 Å². The molecule has 15 nitrogen and oxygen atoms in total. The van der Waals surface area contributed by atoms with Crippen LogP contribution in [0.1, 0.15) is 28.4 Å².